The van der Waals surface area contributed by atoms with E-state index >= 15 is 0 Å². The highest BCUT2D eigenvalue weighted by molar-refractivity contribution is 6.09. The first-order valence-electron chi connectivity index (χ1n) is 7.75. The molecule has 0 aliphatic carbocycles. The summed E-state index contributed by atoms with van der Waals surface area (Å²) >= 11 is 0. The topological polar surface area (TPSA) is 96.5 Å². The van der Waals surface area contributed by atoms with Gasteiger partial charge in [0, 0.05) is 17.8 Å². The first-order valence-corrected chi connectivity index (χ1v) is 7.75. The Balaban J connectivity index is 1.72. The van der Waals surface area contributed by atoms with Crippen LogP contribution in [-0.2, 0) is 11.2 Å². The first-order chi connectivity index (χ1) is 12.1. The minimum Gasteiger partial charge on any atom is -0.496 e. The van der Waals surface area contributed by atoms with Crippen LogP contribution in [0.25, 0.3) is 0 Å². The summed E-state index contributed by atoms with van der Waals surface area (Å²) in [5.41, 5.74) is 2.33. The van der Waals surface area contributed by atoms with Crippen LogP contribution in [0.1, 0.15) is 22.3 Å². The predicted molar refractivity (Wildman–Crippen MR) is 92.9 cm³/mol. The maximum atomic E-state index is 12.2. The Hall–Kier alpha value is -3.35. The van der Waals surface area contributed by atoms with Crippen LogP contribution in [-0.4, -0.2) is 25.0 Å². The van der Waals surface area contributed by atoms with Crippen molar-refractivity contribution >= 4 is 29.2 Å². The molecule has 0 spiro atoms. The molecule has 0 unspecified atom stereocenters. The minimum atomic E-state index is -0.652. The monoisotopic (exact) mass is 339 g/mol. The van der Waals surface area contributed by atoms with Crippen LogP contribution in [0.2, 0.25) is 0 Å². The van der Waals surface area contributed by atoms with E-state index in [0.717, 1.165) is 5.56 Å². The second-order valence-corrected chi connectivity index (χ2v) is 5.49. The zero-order valence-electron chi connectivity index (χ0n) is 13.6. The van der Waals surface area contributed by atoms with Gasteiger partial charge in [0.25, 0.3) is 5.91 Å². The highest BCUT2D eigenvalue weighted by Gasteiger charge is 2.20. The number of ether oxygens (including phenoxy) is 1. The number of urea groups is 1. The molecular weight excluding hydrogens is 322 g/mol. The summed E-state index contributed by atoms with van der Waals surface area (Å²) in [6, 6.07) is 11.2. The van der Waals surface area contributed by atoms with Gasteiger partial charge in [-0.1, -0.05) is 18.2 Å². The zero-order chi connectivity index (χ0) is 17.8. The molecule has 1 heterocycles. The molecule has 0 atom stereocenters. The summed E-state index contributed by atoms with van der Waals surface area (Å²) < 4.78 is 5.12. The largest absolute Gasteiger partial charge is 0.496 e. The van der Waals surface area contributed by atoms with Gasteiger partial charge in [0.05, 0.1) is 12.7 Å². The number of carbonyl (C=O) groups excluding carboxylic acids is 3. The van der Waals surface area contributed by atoms with Crippen molar-refractivity contribution in [3.8, 4) is 5.75 Å². The van der Waals surface area contributed by atoms with Gasteiger partial charge in [0.1, 0.15) is 5.75 Å². The third kappa shape index (κ3) is 3.60. The molecule has 0 saturated heterocycles. The highest BCUT2D eigenvalue weighted by Crippen LogP contribution is 2.29. The van der Waals surface area contributed by atoms with E-state index < -0.39 is 11.9 Å². The lowest BCUT2D eigenvalue weighted by molar-refractivity contribution is -0.116. The molecular formula is C18H17N3O4. The molecule has 25 heavy (non-hydrogen) atoms. The van der Waals surface area contributed by atoms with Crippen LogP contribution in [0.5, 0.6) is 5.75 Å². The van der Waals surface area contributed by atoms with E-state index in [1.54, 1.807) is 42.5 Å². The van der Waals surface area contributed by atoms with Crippen molar-refractivity contribution in [1.29, 1.82) is 0 Å². The quantitative estimate of drug-likeness (QED) is 0.800. The van der Waals surface area contributed by atoms with Crippen molar-refractivity contribution in [1.82, 2.24) is 5.32 Å². The number of hydrogen-bond donors (Lipinski definition) is 3. The van der Waals surface area contributed by atoms with Crippen molar-refractivity contribution in [2.24, 2.45) is 0 Å². The number of benzene rings is 2. The molecule has 1 aliphatic heterocycles. The molecule has 7 nitrogen and oxygen atoms in total. The molecule has 0 saturated carbocycles. The Bertz CT molecular complexity index is 848. The molecule has 0 aromatic heterocycles. The molecule has 7 heteroatoms. The Morgan fingerprint density at radius 2 is 1.88 bits per heavy atom. The maximum Gasteiger partial charge on any atom is 0.326 e. The lowest BCUT2D eigenvalue weighted by atomic mass is 10.0. The summed E-state index contributed by atoms with van der Waals surface area (Å²) in [6.45, 7) is 0. The number of anilines is 2. The fraction of sp³-hybridized carbons (Fsp3) is 0.167. The molecule has 3 N–H and O–H groups in total. The van der Waals surface area contributed by atoms with Gasteiger partial charge in [-0.25, -0.2) is 4.79 Å². The third-order valence-corrected chi connectivity index (χ3v) is 3.88. The molecule has 3 rings (SSSR count). The van der Waals surface area contributed by atoms with E-state index in [1.807, 2.05) is 0 Å². The number of nitrogens with one attached hydrogen (secondary N) is 3. The number of hydrogen-bond acceptors (Lipinski definition) is 4. The summed E-state index contributed by atoms with van der Waals surface area (Å²) in [5.74, 6) is -0.235. The van der Waals surface area contributed by atoms with Gasteiger partial charge >= 0.3 is 6.03 Å². The average Bonchev–Trinajstić information content (AvgIpc) is 2.61. The van der Waals surface area contributed by atoms with E-state index in [2.05, 4.69) is 16.0 Å². The number of methoxy groups -OCH3 is 1. The predicted octanol–water partition coefficient (Wildman–Crippen LogP) is 2.54. The zero-order valence-corrected chi connectivity index (χ0v) is 13.6. The Kier molecular flexibility index (Phi) is 4.65. The SMILES string of the molecule is COc1ccccc1C(=O)NC(=O)Nc1cccc2c1CCC(=O)N2. The first kappa shape index (κ1) is 16.5. The van der Waals surface area contributed by atoms with Crippen LogP contribution >= 0.6 is 0 Å². The van der Waals surface area contributed by atoms with E-state index in [9.17, 15) is 14.4 Å². The van der Waals surface area contributed by atoms with Crippen LogP contribution in [0.4, 0.5) is 16.2 Å². The molecule has 0 radical (unpaired) electrons. The standard InChI is InChI=1S/C18H17N3O4/c1-25-15-8-3-2-5-12(15)17(23)21-18(24)20-14-7-4-6-13-11(14)9-10-16(22)19-13/h2-8H,9-10H2,1H3,(H,19,22)(H2,20,21,23,24). The lowest BCUT2D eigenvalue weighted by Gasteiger charge is -2.20. The van der Waals surface area contributed by atoms with E-state index in [-0.39, 0.29) is 11.5 Å². The normalized spacial score (nSPS) is 12.6. The van der Waals surface area contributed by atoms with E-state index in [0.29, 0.717) is 30.0 Å². The smallest absolute Gasteiger partial charge is 0.326 e. The van der Waals surface area contributed by atoms with Crippen LogP contribution < -0.4 is 20.7 Å². The number of rotatable bonds is 3. The Labute approximate surface area is 144 Å². The lowest BCUT2D eigenvalue weighted by Crippen LogP contribution is -2.35. The van der Waals surface area contributed by atoms with Gasteiger partial charge in [-0.05, 0) is 36.2 Å². The van der Waals surface area contributed by atoms with Gasteiger partial charge in [0.2, 0.25) is 5.91 Å². The molecule has 0 fully saturated rings. The number of amides is 4. The summed E-state index contributed by atoms with van der Waals surface area (Å²) in [4.78, 5) is 35.9. The van der Waals surface area contributed by atoms with Gasteiger partial charge in [-0.2, -0.15) is 0 Å². The summed E-state index contributed by atoms with van der Waals surface area (Å²) in [6.07, 6.45) is 0.880. The molecule has 2 aromatic rings. The third-order valence-electron chi connectivity index (χ3n) is 3.88. The molecule has 4 amide bonds. The second kappa shape index (κ2) is 7.04. The molecule has 0 bridgehead atoms. The van der Waals surface area contributed by atoms with Crippen molar-refractivity contribution in [2.75, 3.05) is 17.7 Å². The second-order valence-electron chi connectivity index (χ2n) is 5.49. The van der Waals surface area contributed by atoms with Crippen LogP contribution in [0.15, 0.2) is 42.5 Å². The van der Waals surface area contributed by atoms with Gasteiger partial charge in [-0.3, -0.25) is 14.9 Å². The van der Waals surface area contributed by atoms with Crippen molar-refractivity contribution in [3.63, 3.8) is 0 Å². The molecule has 1 aliphatic rings. The Morgan fingerprint density at radius 3 is 2.68 bits per heavy atom. The minimum absolute atomic E-state index is 0.0551. The van der Waals surface area contributed by atoms with E-state index in [4.69, 9.17) is 4.74 Å². The average molecular weight is 339 g/mol. The number of fused-ring (bicyclic) bond motifs is 1. The van der Waals surface area contributed by atoms with Crippen molar-refractivity contribution in [2.45, 2.75) is 12.8 Å². The van der Waals surface area contributed by atoms with Gasteiger partial charge < -0.3 is 15.4 Å². The van der Waals surface area contributed by atoms with Gasteiger partial charge in [0.15, 0.2) is 0 Å². The van der Waals surface area contributed by atoms with E-state index in [1.165, 1.54) is 7.11 Å². The number of imide groups is 1. The van der Waals surface area contributed by atoms with Crippen molar-refractivity contribution in [3.05, 3.63) is 53.6 Å². The summed E-state index contributed by atoms with van der Waals surface area (Å²) in [5, 5.41) is 7.70. The number of carbonyl (C=O) groups is 3. The fourth-order valence-electron chi connectivity index (χ4n) is 2.70. The van der Waals surface area contributed by atoms with Crippen LogP contribution in [0, 0.1) is 0 Å². The fourth-order valence-corrected chi connectivity index (χ4v) is 2.70. The Morgan fingerprint density at radius 1 is 1.08 bits per heavy atom. The van der Waals surface area contributed by atoms with Gasteiger partial charge in [-0.15, -0.1) is 0 Å². The van der Waals surface area contributed by atoms with Crippen LogP contribution in [0.3, 0.4) is 0 Å². The van der Waals surface area contributed by atoms with Crippen molar-refractivity contribution < 1.29 is 19.1 Å². The molecule has 128 valence electrons. The number of para-hydroxylation sites is 1. The highest BCUT2D eigenvalue weighted by atomic mass is 16.5. The maximum absolute atomic E-state index is 12.2. The molecule has 2 aromatic carbocycles. The summed E-state index contributed by atoms with van der Waals surface area (Å²) in [7, 11) is 1.46.